The van der Waals surface area contributed by atoms with Crippen molar-refractivity contribution < 1.29 is 0 Å². The minimum absolute atomic E-state index is 0.448. The first-order chi connectivity index (χ1) is 10.4. The molecule has 0 atom stereocenters. The summed E-state index contributed by atoms with van der Waals surface area (Å²) in [6.07, 6.45) is 6.64. The first-order valence-electron chi connectivity index (χ1n) is 8.01. The number of piperidine rings is 1. The SMILES string of the molecule is C=C(/C=c1/c(NC)nnc(C)/c1=C/C)N1CCC(C)(C)CC1. The smallest absolute Gasteiger partial charge is 0.156 e. The highest BCUT2D eigenvalue weighted by molar-refractivity contribution is 5.53. The van der Waals surface area contributed by atoms with E-state index in [0.717, 1.165) is 40.7 Å². The van der Waals surface area contributed by atoms with Crippen molar-refractivity contribution in [1.29, 1.82) is 0 Å². The Kier molecular flexibility index (Phi) is 4.89. The Hall–Kier alpha value is -1.84. The molecule has 1 fully saturated rings. The number of rotatable bonds is 3. The molecule has 120 valence electrons. The summed E-state index contributed by atoms with van der Waals surface area (Å²) >= 11 is 0. The highest BCUT2D eigenvalue weighted by Crippen LogP contribution is 2.31. The molecule has 0 amide bonds. The van der Waals surface area contributed by atoms with E-state index < -0.39 is 0 Å². The van der Waals surface area contributed by atoms with Gasteiger partial charge in [0.05, 0.1) is 5.69 Å². The first-order valence-corrected chi connectivity index (χ1v) is 8.01. The van der Waals surface area contributed by atoms with Gasteiger partial charge in [-0.3, -0.25) is 0 Å². The summed E-state index contributed by atoms with van der Waals surface area (Å²) in [4.78, 5) is 2.37. The maximum Gasteiger partial charge on any atom is 0.156 e. The van der Waals surface area contributed by atoms with Gasteiger partial charge < -0.3 is 10.2 Å². The molecule has 4 heteroatoms. The van der Waals surface area contributed by atoms with Gasteiger partial charge in [0.15, 0.2) is 5.82 Å². The minimum Gasteiger partial charge on any atom is -0.372 e. The van der Waals surface area contributed by atoms with Crippen molar-refractivity contribution in [2.75, 3.05) is 25.5 Å². The molecule has 1 aliphatic heterocycles. The van der Waals surface area contributed by atoms with Crippen LogP contribution >= 0.6 is 0 Å². The molecule has 1 aliphatic rings. The molecule has 1 saturated heterocycles. The minimum atomic E-state index is 0.448. The van der Waals surface area contributed by atoms with Crippen molar-refractivity contribution in [3.63, 3.8) is 0 Å². The summed E-state index contributed by atoms with van der Waals surface area (Å²) in [6.45, 7) is 15.1. The third-order valence-electron chi connectivity index (χ3n) is 4.59. The Labute approximate surface area is 133 Å². The summed E-state index contributed by atoms with van der Waals surface area (Å²) in [5, 5.41) is 13.8. The fraction of sp³-hybridized carbons (Fsp3) is 0.556. The van der Waals surface area contributed by atoms with Crippen LogP contribution in [0.3, 0.4) is 0 Å². The van der Waals surface area contributed by atoms with Gasteiger partial charge in [-0.2, -0.15) is 5.10 Å². The lowest BCUT2D eigenvalue weighted by molar-refractivity contribution is 0.167. The summed E-state index contributed by atoms with van der Waals surface area (Å²) < 4.78 is 0. The van der Waals surface area contributed by atoms with Crippen LogP contribution in [-0.4, -0.2) is 35.2 Å². The first kappa shape index (κ1) is 16.5. The zero-order valence-electron chi connectivity index (χ0n) is 14.5. The van der Waals surface area contributed by atoms with E-state index in [1.165, 1.54) is 12.8 Å². The van der Waals surface area contributed by atoms with Crippen LogP contribution in [-0.2, 0) is 0 Å². The van der Waals surface area contributed by atoms with E-state index in [2.05, 4.69) is 53.0 Å². The highest BCUT2D eigenvalue weighted by Gasteiger charge is 2.25. The molecule has 2 heterocycles. The van der Waals surface area contributed by atoms with Gasteiger partial charge >= 0.3 is 0 Å². The number of hydrogen-bond donors (Lipinski definition) is 1. The number of allylic oxidation sites excluding steroid dienone is 1. The second-order valence-electron chi connectivity index (χ2n) is 6.79. The van der Waals surface area contributed by atoms with Crippen LogP contribution in [0.2, 0.25) is 0 Å². The molecule has 0 unspecified atom stereocenters. The van der Waals surface area contributed by atoms with E-state index in [4.69, 9.17) is 0 Å². The van der Waals surface area contributed by atoms with Crippen LogP contribution in [0.5, 0.6) is 0 Å². The Bertz CT molecular complexity index is 663. The van der Waals surface area contributed by atoms with Crippen LogP contribution in [0, 0.1) is 12.3 Å². The van der Waals surface area contributed by atoms with Gasteiger partial charge in [0.25, 0.3) is 0 Å². The van der Waals surface area contributed by atoms with Crippen molar-refractivity contribution in [3.05, 3.63) is 28.4 Å². The Morgan fingerprint density at radius 3 is 2.41 bits per heavy atom. The average Bonchev–Trinajstić information content (AvgIpc) is 2.47. The quantitative estimate of drug-likeness (QED) is 0.927. The predicted octanol–water partition coefficient (Wildman–Crippen LogP) is 2.04. The molecule has 0 spiro atoms. The molecule has 0 aromatic carbocycles. The van der Waals surface area contributed by atoms with Crippen LogP contribution in [0.15, 0.2) is 12.3 Å². The number of likely N-dealkylation sites (tertiary alicyclic amines) is 1. The molecule has 0 bridgehead atoms. The number of aryl methyl sites for hydroxylation is 1. The van der Waals surface area contributed by atoms with Gasteiger partial charge in [0.1, 0.15) is 0 Å². The van der Waals surface area contributed by atoms with Gasteiger partial charge in [-0.15, -0.1) is 5.10 Å². The molecule has 1 aromatic rings. The van der Waals surface area contributed by atoms with Crippen molar-refractivity contribution in [1.82, 2.24) is 15.1 Å². The second kappa shape index (κ2) is 6.51. The largest absolute Gasteiger partial charge is 0.372 e. The summed E-state index contributed by atoms with van der Waals surface area (Å²) in [7, 11) is 1.88. The Morgan fingerprint density at radius 2 is 1.86 bits per heavy atom. The standard InChI is InChI=1S/C18H28N4/c1-7-15-14(3)20-21-17(19-6)16(15)12-13(2)22-10-8-18(4,5)9-11-22/h7,12H,2,8-11H2,1,3-6H3,(H,19,21)/b15-7-,16-12+. The molecule has 0 aliphatic carbocycles. The molecule has 0 radical (unpaired) electrons. The number of anilines is 1. The topological polar surface area (TPSA) is 41.1 Å². The van der Waals surface area contributed by atoms with Gasteiger partial charge in [-0.1, -0.05) is 26.5 Å². The van der Waals surface area contributed by atoms with Crippen molar-refractivity contribution in [3.8, 4) is 0 Å². The van der Waals surface area contributed by atoms with E-state index in [1.54, 1.807) is 0 Å². The van der Waals surface area contributed by atoms with Gasteiger partial charge in [0.2, 0.25) is 0 Å². The molecule has 0 saturated carbocycles. The van der Waals surface area contributed by atoms with Gasteiger partial charge in [-0.25, -0.2) is 0 Å². The van der Waals surface area contributed by atoms with E-state index in [-0.39, 0.29) is 0 Å². The van der Waals surface area contributed by atoms with Crippen LogP contribution in [0.4, 0.5) is 5.82 Å². The van der Waals surface area contributed by atoms with Crippen molar-refractivity contribution in [2.45, 2.75) is 40.5 Å². The van der Waals surface area contributed by atoms with Crippen molar-refractivity contribution in [2.24, 2.45) is 5.41 Å². The van der Waals surface area contributed by atoms with Crippen LogP contribution in [0.1, 0.15) is 39.3 Å². The number of aromatic nitrogens is 2. The zero-order chi connectivity index (χ0) is 16.3. The Morgan fingerprint density at radius 1 is 1.23 bits per heavy atom. The fourth-order valence-corrected chi connectivity index (χ4v) is 2.91. The molecular formula is C18H28N4. The number of nitrogens with one attached hydrogen (secondary N) is 1. The van der Waals surface area contributed by atoms with E-state index in [1.807, 2.05) is 20.9 Å². The number of hydrogen-bond acceptors (Lipinski definition) is 4. The monoisotopic (exact) mass is 300 g/mol. The van der Waals surface area contributed by atoms with E-state index in [9.17, 15) is 0 Å². The fourth-order valence-electron chi connectivity index (χ4n) is 2.91. The molecule has 2 rings (SSSR count). The molecule has 22 heavy (non-hydrogen) atoms. The Balaban J connectivity index is 2.37. The van der Waals surface area contributed by atoms with E-state index >= 15 is 0 Å². The number of nitrogens with zero attached hydrogens (tertiary/aromatic N) is 3. The predicted molar refractivity (Wildman–Crippen MR) is 93.9 cm³/mol. The maximum absolute atomic E-state index is 4.28. The molecule has 1 aromatic heterocycles. The van der Waals surface area contributed by atoms with Crippen LogP contribution < -0.4 is 15.8 Å². The zero-order valence-corrected chi connectivity index (χ0v) is 14.5. The average molecular weight is 300 g/mol. The lowest BCUT2D eigenvalue weighted by Gasteiger charge is -2.38. The summed E-state index contributed by atoms with van der Waals surface area (Å²) in [5.74, 6) is 0.803. The van der Waals surface area contributed by atoms with Gasteiger partial charge in [0, 0.05) is 36.3 Å². The second-order valence-corrected chi connectivity index (χ2v) is 6.79. The maximum atomic E-state index is 4.28. The lowest BCUT2D eigenvalue weighted by Crippen LogP contribution is -2.38. The van der Waals surface area contributed by atoms with E-state index in [0.29, 0.717) is 5.41 Å². The third-order valence-corrected chi connectivity index (χ3v) is 4.59. The molecule has 4 nitrogen and oxygen atoms in total. The summed E-state index contributed by atoms with van der Waals surface area (Å²) in [5.41, 5.74) is 2.45. The lowest BCUT2D eigenvalue weighted by atomic mass is 9.82. The third kappa shape index (κ3) is 3.49. The normalized spacial score (nSPS) is 19.4. The van der Waals surface area contributed by atoms with Gasteiger partial charge in [-0.05, 0) is 38.2 Å². The highest BCUT2D eigenvalue weighted by atomic mass is 15.2. The summed E-state index contributed by atoms with van der Waals surface area (Å²) in [6, 6.07) is 0. The van der Waals surface area contributed by atoms with Crippen molar-refractivity contribution >= 4 is 18.0 Å². The molecular weight excluding hydrogens is 272 g/mol. The van der Waals surface area contributed by atoms with Crippen LogP contribution in [0.25, 0.3) is 12.2 Å². The molecule has 1 N–H and O–H groups in total.